The summed E-state index contributed by atoms with van der Waals surface area (Å²) in [5, 5.41) is 0.588. The van der Waals surface area contributed by atoms with E-state index in [9.17, 15) is 4.79 Å². The molecule has 0 amide bonds. The molecule has 0 fully saturated rings. The third-order valence-electron chi connectivity index (χ3n) is 2.61. The van der Waals surface area contributed by atoms with Crippen LogP contribution in [-0.4, -0.2) is 12.1 Å². The summed E-state index contributed by atoms with van der Waals surface area (Å²) >= 11 is 10.1. The lowest BCUT2D eigenvalue weighted by atomic mass is 10.1. The van der Waals surface area contributed by atoms with Gasteiger partial charge in [-0.1, -0.05) is 17.7 Å². The molecule has 0 atom stereocenters. The van der Waals surface area contributed by atoms with Gasteiger partial charge in [0, 0.05) is 21.9 Å². The molecule has 94 valence electrons. The zero-order valence-corrected chi connectivity index (χ0v) is 11.4. The van der Waals surface area contributed by atoms with Crippen LogP contribution < -0.4 is 10.3 Å². The third kappa shape index (κ3) is 2.54. The summed E-state index contributed by atoms with van der Waals surface area (Å²) in [6, 6.07) is 8.83. The summed E-state index contributed by atoms with van der Waals surface area (Å²) < 4.78 is 5.26. The largest absolute Gasteiger partial charge is 0.496 e. The molecule has 2 rings (SSSR count). The second kappa shape index (κ2) is 5.50. The number of rotatable bonds is 3. The summed E-state index contributed by atoms with van der Waals surface area (Å²) in [5.74, 6) is 1.07. The van der Waals surface area contributed by atoms with Gasteiger partial charge in [-0.15, -0.1) is 0 Å². The molecule has 1 aromatic heterocycles. The number of H-pyrrole nitrogens is 1. The fourth-order valence-electron chi connectivity index (χ4n) is 1.68. The van der Waals surface area contributed by atoms with Crippen LogP contribution >= 0.6 is 24.2 Å². The molecule has 3 nitrogen and oxygen atoms in total. The predicted octanol–water partition coefficient (Wildman–Crippen LogP) is 3.13. The molecule has 0 saturated heterocycles. The maximum Gasteiger partial charge on any atom is 0.252 e. The summed E-state index contributed by atoms with van der Waals surface area (Å²) in [6.07, 6.45) is 0. The molecule has 0 aliphatic carbocycles. The number of pyridine rings is 1. The Hall–Kier alpha value is -1.39. The van der Waals surface area contributed by atoms with E-state index in [4.69, 9.17) is 16.3 Å². The summed E-state index contributed by atoms with van der Waals surface area (Å²) in [4.78, 5) is 14.6. The zero-order chi connectivity index (χ0) is 13.1. The highest BCUT2D eigenvalue weighted by atomic mass is 35.5. The van der Waals surface area contributed by atoms with Crippen LogP contribution in [0.1, 0.15) is 5.56 Å². The Morgan fingerprint density at radius 2 is 2.11 bits per heavy atom. The van der Waals surface area contributed by atoms with Crippen LogP contribution in [-0.2, 0) is 5.75 Å². The van der Waals surface area contributed by atoms with Crippen molar-refractivity contribution < 1.29 is 4.74 Å². The molecule has 5 heteroatoms. The molecule has 0 bridgehead atoms. The van der Waals surface area contributed by atoms with Crippen LogP contribution in [0, 0.1) is 0 Å². The molecule has 18 heavy (non-hydrogen) atoms. The van der Waals surface area contributed by atoms with E-state index in [1.807, 2.05) is 6.07 Å². The Labute approximate surface area is 115 Å². The first-order valence-corrected chi connectivity index (χ1v) is 6.33. The summed E-state index contributed by atoms with van der Waals surface area (Å²) in [7, 11) is 1.58. The zero-order valence-electron chi connectivity index (χ0n) is 9.74. The van der Waals surface area contributed by atoms with Gasteiger partial charge in [0.15, 0.2) is 0 Å². The van der Waals surface area contributed by atoms with E-state index >= 15 is 0 Å². The summed E-state index contributed by atoms with van der Waals surface area (Å²) in [6.45, 7) is 0. The monoisotopic (exact) mass is 281 g/mol. The first-order valence-electron chi connectivity index (χ1n) is 5.32. The third-order valence-corrected chi connectivity index (χ3v) is 3.19. The van der Waals surface area contributed by atoms with Gasteiger partial charge in [0.25, 0.3) is 5.56 Å². The van der Waals surface area contributed by atoms with Crippen molar-refractivity contribution in [3.8, 4) is 17.0 Å². The van der Waals surface area contributed by atoms with Crippen LogP contribution in [0.4, 0.5) is 0 Å². The number of nitrogens with one attached hydrogen (secondary N) is 1. The van der Waals surface area contributed by atoms with E-state index in [0.29, 0.717) is 27.8 Å². The quantitative estimate of drug-likeness (QED) is 0.849. The average Bonchev–Trinajstić information content (AvgIpc) is 2.38. The average molecular weight is 282 g/mol. The van der Waals surface area contributed by atoms with Crippen molar-refractivity contribution in [2.75, 3.05) is 7.11 Å². The lowest BCUT2D eigenvalue weighted by molar-refractivity contribution is 0.416. The fourth-order valence-corrected chi connectivity index (χ4v) is 2.10. The minimum atomic E-state index is -0.149. The molecule has 0 spiro atoms. The van der Waals surface area contributed by atoms with Crippen molar-refractivity contribution >= 4 is 24.2 Å². The molecule has 0 saturated carbocycles. The van der Waals surface area contributed by atoms with Crippen LogP contribution in [0.2, 0.25) is 5.02 Å². The number of aromatic nitrogens is 1. The highest BCUT2D eigenvalue weighted by Crippen LogP contribution is 2.30. The molecule has 0 aliphatic rings. The maximum atomic E-state index is 11.8. The molecule has 1 aromatic carbocycles. The van der Waals surface area contributed by atoms with Gasteiger partial charge in [0.05, 0.1) is 12.8 Å². The van der Waals surface area contributed by atoms with Crippen LogP contribution in [0.15, 0.2) is 35.1 Å². The lowest BCUT2D eigenvalue weighted by Crippen LogP contribution is -2.11. The van der Waals surface area contributed by atoms with E-state index < -0.39 is 0 Å². The first-order chi connectivity index (χ1) is 8.65. The number of hydrogen-bond acceptors (Lipinski definition) is 3. The predicted molar refractivity (Wildman–Crippen MR) is 76.8 cm³/mol. The second-order valence-corrected chi connectivity index (χ2v) is 4.48. The maximum absolute atomic E-state index is 11.8. The minimum absolute atomic E-state index is 0.149. The van der Waals surface area contributed by atoms with E-state index in [-0.39, 0.29) is 5.56 Å². The van der Waals surface area contributed by atoms with Gasteiger partial charge in [0.2, 0.25) is 0 Å². The van der Waals surface area contributed by atoms with Crippen LogP contribution in [0.5, 0.6) is 5.75 Å². The number of ether oxygens (including phenoxy) is 1. The van der Waals surface area contributed by atoms with Crippen molar-refractivity contribution in [3.05, 3.63) is 51.3 Å². The fraction of sp³-hybridized carbons (Fsp3) is 0.154. The van der Waals surface area contributed by atoms with Crippen molar-refractivity contribution in [3.63, 3.8) is 0 Å². The van der Waals surface area contributed by atoms with Crippen molar-refractivity contribution in [2.45, 2.75) is 5.75 Å². The molecular formula is C13H12ClNO2S. The SMILES string of the molecule is COc1ccc(Cl)cc1-c1ccc(CS)c(=O)[nH]1. The number of hydrogen-bond donors (Lipinski definition) is 2. The second-order valence-electron chi connectivity index (χ2n) is 3.73. The number of aromatic amines is 1. The van der Waals surface area contributed by atoms with Gasteiger partial charge < -0.3 is 9.72 Å². The Morgan fingerprint density at radius 1 is 1.33 bits per heavy atom. The molecule has 1 heterocycles. The van der Waals surface area contributed by atoms with Crippen LogP contribution in [0.3, 0.4) is 0 Å². The van der Waals surface area contributed by atoms with E-state index in [1.165, 1.54) is 0 Å². The number of thiol groups is 1. The van der Waals surface area contributed by atoms with E-state index in [2.05, 4.69) is 17.6 Å². The molecule has 0 unspecified atom stereocenters. The van der Waals surface area contributed by atoms with E-state index in [1.54, 1.807) is 31.4 Å². The lowest BCUT2D eigenvalue weighted by Gasteiger charge is -2.09. The molecule has 1 N–H and O–H groups in total. The van der Waals surface area contributed by atoms with Gasteiger partial charge in [-0.2, -0.15) is 12.6 Å². The van der Waals surface area contributed by atoms with Crippen molar-refractivity contribution in [1.82, 2.24) is 4.98 Å². The summed E-state index contributed by atoms with van der Waals surface area (Å²) in [5.41, 5.74) is 1.91. The van der Waals surface area contributed by atoms with Gasteiger partial charge in [-0.3, -0.25) is 4.79 Å². The normalized spacial score (nSPS) is 10.4. The number of benzene rings is 1. The standard InChI is InChI=1S/C13H12ClNO2S/c1-17-12-5-3-9(14)6-10(12)11-4-2-8(7-18)13(16)15-11/h2-6,18H,7H2,1H3,(H,15,16). The Kier molecular flexibility index (Phi) is 3.99. The first kappa shape index (κ1) is 13.1. The molecule has 0 aliphatic heterocycles. The van der Waals surface area contributed by atoms with Gasteiger partial charge in [-0.25, -0.2) is 0 Å². The van der Waals surface area contributed by atoms with Crippen LogP contribution in [0.25, 0.3) is 11.3 Å². The Morgan fingerprint density at radius 3 is 2.72 bits per heavy atom. The topological polar surface area (TPSA) is 42.1 Å². The van der Waals surface area contributed by atoms with Crippen molar-refractivity contribution in [1.29, 1.82) is 0 Å². The number of halogens is 1. The number of methoxy groups -OCH3 is 1. The van der Waals surface area contributed by atoms with Gasteiger partial charge in [0.1, 0.15) is 5.75 Å². The molecule has 2 aromatic rings. The smallest absolute Gasteiger partial charge is 0.252 e. The Balaban J connectivity index is 2.58. The molecular weight excluding hydrogens is 270 g/mol. The van der Waals surface area contributed by atoms with Gasteiger partial charge in [-0.05, 0) is 24.3 Å². The van der Waals surface area contributed by atoms with E-state index in [0.717, 1.165) is 5.56 Å². The minimum Gasteiger partial charge on any atom is -0.496 e. The Bertz CT molecular complexity index is 625. The van der Waals surface area contributed by atoms with Crippen molar-refractivity contribution in [2.24, 2.45) is 0 Å². The van der Waals surface area contributed by atoms with Gasteiger partial charge >= 0.3 is 0 Å². The molecule has 0 radical (unpaired) electrons. The highest BCUT2D eigenvalue weighted by Gasteiger charge is 2.08. The highest BCUT2D eigenvalue weighted by molar-refractivity contribution is 7.79.